The van der Waals surface area contributed by atoms with Gasteiger partial charge in [-0.25, -0.2) is 13.2 Å². The number of benzene rings is 1. The monoisotopic (exact) mass is 353 g/mol. The van der Waals surface area contributed by atoms with Gasteiger partial charge in [0.2, 0.25) is 15.9 Å². The number of carbonyl (C=O) groups is 2. The number of halogens is 3. The van der Waals surface area contributed by atoms with Crippen LogP contribution in [0.1, 0.15) is 0 Å². The van der Waals surface area contributed by atoms with Crippen LogP contribution in [0.5, 0.6) is 5.75 Å². The molecule has 0 spiro atoms. The van der Waals surface area contributed by atoms with Gasteiger partial charge in [0, 0.05) is 12.2 Å². The fourth-order valence-corrected chi connectivity index (χ4v) is 2.98. The number of sulfonamides is 1. The Labute approximate surface area is 128 Å². The first-order valence-electron chi connectivity index (χ1n) is 6.03. The van der Waals surface area contributed by atoms with Crippen LogP contribution in [-0.4, -0.2) is 38.5 Å². The van der Waals surface area contributed by atoms with Crippen LogP contribution in [-0.2, 0) is 14.8 Å². The first-order valence-corrected chi connectivity index (χ1v) is 7.57. The quantitative estimate of drug-likeness (QED) is 0.731. The number of carbonyl (C=O) groups excluding carboxylic acids is 2. The Balaban J connectivity index is 2.09. The number of ether oxygens (including phenoxy) is 1. The van der Waals surface area contributed by atoms with Crippen molar-refractivity contribution in [2.24, 2.45) is 0 Å². The third-order valence-electron chi connectivity index (χ3n) is 2.70. The maximum Gasteiger partial charge on any atom is 0.573 e. The predicted octanol–water partition coefficient (Wildman–Crippen LogP) is 0.535. The van der Waals surface area contributed by atoms with E-state index in [0.29, 0.717) is 0 Å². The van der Waals surface area contributed by atoms with E-state index in [1.54, 1.807) is 5.32 Å². The molecule has 1 fully saturated rings. The van der Waals surface area contributed by atoms with Crippen molar-refractivity contribution in [3.8, 4) is 5.75 Å². The SMILES string of the molecule is O=C1NCC(S(=O)(=O)Nc2ccc(OC(F)(F)F)cc2)C(=O)N1. The summed E-state index contributed by atoms with van der Waals surface area (Å²) in [5, 5.41) is 2.39. The minimum absolute atomic E-state index is 0.0655. The summed E-state index contributed by atoms with van der Waals surface area (Å²) in [6.45, 7) is -0.421. The van der Waals surface area contributed by atoms with Gasteiger partial charge in [-0.05, 0) is 24.3 Å². The van der Waals surface area contributed by atoms with Gasteiger partial charge in [0.05, 0.1) is 0 Å². The van der Waals surface area contributed by atoms with Crippen LogP contribution in [0.15, 0.2) is 24.3 Å². The van der Waals surface area contributed by atoms with Crippen molar-refractivity contribution in [2.75, 3.05) is 11.3 Å². The summed E-state index contributed by atoms with van der Waals surface area (Å²) in [5.74, 6) is -1.53. The standard InChI is InChI=1S/C11H10F3N3O5S/c12-11(13,14)22-7-3-1-6(2-4-7)17-23(20,21)8-5-15-10(19)16-9(8)18/h1-4,8,17H,5H2,(H2,15,16,18,19). The van der Waals surface area contributed by atoms with Gasteiger partial charge in [0.15, 0.2) is 5.25 Å². The molecular formula is C11H10F3N3O5S. The van der Waals surface area contributed by atoms with Gasteiger partial charge in [-0.15, -0.1) is 13.2 Å². The summed E-state index contributed by atoms with van der Waals surface area (Å²) in [6, 6.07) is 3.09. The molecule has 126 valence electrons. The molecular weight excluding hydrogens is 343 g/mol. The number of rotatable bonds is 4. The Morgan fingerprint density at radius 1 is 1.17 bits per heavy atom. The van der Waals surface area contributed by atoms with Crippen molar-refractivity contribution in [2.45, 2.75) is 11.6 Å². The van der Waals surface area contributed by atoms with Crippen LogP contribution in [0.3, 0.4) is 0 Å². The van der Waals surface area contributed by atoms with Crippen molar-refractivity contribution in [3.63, 3.8) is 0 Å². The highest BCUT2D eigenvalue weighted by Crippen LogP contribution is 2.24. The number of amides is 3. The van der Waals surface area contributed by atoms with Gasteiger partial charge in [0.25, 0.3) is 0 Å². The smallest absolute Gasteiger partial charge is 0.406 e. The van der Waals surface area contributed by atoms with E-state index in [2.05, 4.69) is 10.1 Å². The summed E-state index contributed by atoms with van der Waals surface area (Å²) >= 11 is 0. The molecule has 0 radical (unpaired) electrons. The molecule has 0 aromatic heterocycles. The molecule has 8 nitrogen and oxygen atoms in total. The summed E-state index contributed by atoms with van der Waals surface area (Å²) < 4.78 is 65.8. The molecule has 1 unspecified atom stereocenters. The number of hydrogen-bond donors (Lipinski definition) is 3. The van der Waals surface area contributed by atoms with E-state index >= 15 is 0 Å². The molecule has 0 bridgehead atoms. The summed E-state index contributed by atoms with van der Waals surface area (Å²) in [6.07, 6.45) is -4.86. The van der Waals surface area contributed by atoms with Crippen LogP contribution in [0.25, 0.3) is 0 Å². The Morgan fingerprint density at radius 2 is 1.78 bits per heavy atom. The van der Waals surface area contributed by atoms with Gasteiger partial charge in [-0.2, -0.15) is 0 Å². The first kappa shape index (κ1) is 16.9. The molecule has 2 rings (SSSR count). The summed E-state index contributed by atoms with van der Waals surface area (Å²) in [5.41, 5.74) is -0.0655. The molecule has 1 saturated heterocycles. The van der Waals surface area contributed by atoms with Gasteiger partial charge < -0.3 is 10.1 Å². The zero-order valence-corrected chi connectivity index (χ0v) is 12.0. The fraction of sp³-hybridized carbons (Fsp3) is 0.273. The highest BCUT2D eigenvalue weighted by Gasteiger charge is 2.37. The molecule has 1 heterocycles. The number of urea groups is 1. The Bertz CT molecular complexity index is 717. The predicted molar refractivity (Wildman–Crippen MR) is 71.0 cm³/mol. The zero-order valence-electron chi connectivity index (χ0n) is 11.2. The average Bonchev–Trinajstić information content (AvgIpc) is 2.38. The van der Waals surface area contributed by atoms with E-state index in [9.17, 15) is 31.2 Å². The molecule has 1 aromatic carbocycles. The first-order chi connectivity index (χ1) is 10.6. The van der Waals surface area contributed by atoms with Crippen LogP contribution in [0.4, 0.5) is 23.7 Å². The van der Waals surface area contributed by atoms with Crippen molar-refractivity contribution in [1.29, 1.82) is 0 Å². The second-order valence-corrected chi connectivity index (χ2v) is 6.27. The molecule has 1 aromatic rings. The highest BCUT2D eigenvalue weighted by atomic mass is 32.2. The molecule has 3 N–H and O–H groups in total. The van der Waals surface area contributed by atoms with E-state index in [-0.39, 0.29) is 5.69 Å². The largest absolute Gasteiger partial charge is 0.573 e. The van der Waals surface area contributed by atoms with Crippen molar-refractivity contribution >= 4 is 27.6 Å². The number of alkyl halides is 3. The molecule has 1 atom stereocenters. The zero-order chi connectivity index (χ0) is 17.3. The van der Waals surface area contributed by atoms with Gasteiger partial charge in [-0.1, -0.05) is 0 Å². The second-order valence-electron chi connectivity index (χ2n) is 4.41. The van der Waals surface area contributed by atoms with Crippen LogP contribution in [0, 0.1) is 0 Å². The molecule has 1 aliphatic rings. The highest BCUT2D eigenvalue weighted by molar-refractivity contribution is 7.94. The number of hydrogen-bond acceptors (Lipinski definition) is 5. The molecule has 1 aliphatic heterocycles. The van der Waals surface area contributed by atoms with E-state index in [4.69, 9.17) is 0 Å². The maximum atomic E-state index is 12.1. The molecule has 23 heavy (non-hydrogen) atoms. The lowest BCUT2D eigenvalue weighted by atomic mass is 10.3. The lowest BCUT2D eigenvalue weighted by molar-refractivity contribution is -0.274. The molecule has 0 saturated carbocycles. The molecule has 0 aliphatic carbocycles. The lowest BCUT2D eigenvalue weighted by Crippen LogP contribution is -2.58. The summed E-state index contributed by atoms with van der Waals surface area (Å²) in [7, 11) is -4.20. The Kier molecular flexibility index (Phi) is 4.36. The van der Waals surface area contributed by atoms with E-state index < -0.39 is 45.9 Å². The minimum atomic E-state index is -4.86. The average molecular weight is 353 g/mol. The summed E-state index contributed by atoms with van der Waals surface area (Å²) in [4.78, 5) is 22.4. The van der Waals surface area contributed by atoms with Crippen LogP contribution < -0.4 is 20.1 Å². The third-order valence-corrected chi connectivity index (χ3v) is 4.35. The molecule has 3 amide bonds. The van der Waals surface area contributed by atoms with Crippen LogP contribution in [0.2, 0.25) is 0 Å². The topological polar surface area (TPSA) is 114 Å². The van der Waals surface area contributed by atoms with Crippen molar-refractivity contribution < 1.29 is 35.9 Å². The van der Waals surface area contributed by atoms with Crippen molar-refractivity contribution in [1.82, 2.24) is 10.6 Å². The van der Waals surface area contributed by atoms with Crippen LogP contribution >= 0.6 is 0 Å². The van der Waals surface area contributed by atoms with Gasteiger partial charge >= 0.3 is 12.4 Å². The van der Waals surface area contributed by atoms with E-state index in [1.165, 1.54) is 0 Å². The molecule has 12 heteroatoms. The normalized spacial score (nSPS) is 18.8. The Morgan fingerprint density at radius 3 is 2.30 bits per heavy atom. The third kappa shape index (κ3) is 4.48. The fourth-order valence-electron chi connectivity index (χ4n) is 1.73. The number of imide groups is 1. The van der Waals surface area contributed by atoms with Crippen molar-refractivity contribution in [3.05, 3.63) is 24.3 Å². The van der Waals surface area contributed by atoms with Gasteiger partial charge in [0.1, 0.15) is 5.75 Å². The van der Waals surface area contributed by atoms with E-state index in [1.807, 2.05) is 4.72 Å². The number of nitrogens with one attached hydrogen (secondary N) is 3. The minimum Gasteiger partial charge on any atom is -0.406 e. The lowest BCUT2D eigenvalue weighted by Gasteiger charge is -2.22. The Hall–Kier alpha value is -2.50. The van der Waals surface area contributed by atoms with E-state index in [0.717, 1.165) is 24.3 Å². The maximum absolute atomic E-state index is 12.1. The second kappa shape index (κ2) is 5.95. The van der Waals surface area contributed by atoms with Gasteiger partial charge in [-0.3, -0.25) is 14.8 Å². The number of anilines is 1.